The van der Waals surface area contributed by atoms with E-state index in [1.807, 2.05) is 30.3 Å². The molecule has 48 heavy (non-hydrogen) atoms. The topological polar surface area (TPSA) is 37.8 Å². The summed E-state index contributed by atoms with van der Waals surface area (Å²) >= 11 is 0. The zero-order chi connectivity index (χ0) is 32.8. The van der Waals surface area contributed by atoms with Gasteiger partial charge in [0, 0.05) is 37.1 Å². The zero-order valence-electron chi connectivity index (χ0n) is 27.8. The van der Waals surface area contributed by atoms with Gasteiger partial charge in [-0.15, -0.1) is 0 Å². The second kappa shape index (κ2) is 14.4. The van der Waals surface area contributed by atoms with E-state index in [9.17, 15) is 0 Å². The number of nitrogens with zero attached hydrogens (tertiary/aromatic N) is 3. The minimum atomic E-state index is -0.784. The first kappa shape index (κ1) is 31.6. The van der Waals surface area contributed by atoms with Crippen molar-refractivity contribution >= 4 is 16.6 Å². The Bertz CT molecular complexity index is 1810. The van der Waals surface area contributed by atoms with Crippen LogP contribution in [-0.2, 0) is 10.3 Å². The van der Waals surface area contributed by atoms with Crippen molar-refractivity contribution in [3.8, 4) is 17.0 Å². The molecule has 1 aliphatic rings. The summed E-state index contributed by atoms with van der Waals surface area (Å²) in [6.45, 7) is 9.88. The number of aromatic nitrogens is 1. The van der Waals surface area contributed by atoms with Gasteiger partial charge in [0.05, 0.1) is 12.3 Å². The van der Waals surface area contributed by atoms with Crippen LogP contribution in [0.5, 0.6) is 5.75 Å². The Morgan fingerprint density at radius 3 is 1.77 bits per heavy atom. The van der Waals surface area contributed by atoms with Gasteiger partial charge in [0.25, 0.3) is 0 Å². The van der Waals surface area contributed by atoms with Gasteiger partial charge in [-0.1, -0.05) is 122 Å². The molecule has 2 heterocycles. The van der Waals surface area contributed by atoms with Crippen molar-refractivity contribution in [1.29, 1.82) is 0 Å². The van der Waals surface area contributed by atoms with Crippen LogP contribution in [0.15, 0.2) is 146 Å². The van der Waals surface area contributed by atoms with Crippen LogP contribution in [-0.4, -0.2) is 55.3 Å². The van der Waals surface area contributed by atoms with E-state index in [4.69, 9.17) is 14.5 Å². The molecule has 1 fully saturated rings. The quantitative estimate of drug-likeness (QED) is 0.133. The summed E-state index contributed by atoms with van der Waals surface area (Å²) in [4.78, 5) is 10.2. The van der Waals surface area contributed by atoms with Crippen molar-refractivity contribution in [1.82, 2.24) is 9.88 Å². The molecule has 5 aromatic carbocycles. The monoisotopic (exact) mass is 633 g/mol. The van der Waals surface area contributed by atoms with Crippen molar-refractivity contribution in [3.63, 3.8) is 0 Å². The smallest absolute Gasteiger partial charge is 0.143 e. The molecule has 0 N–H and O–H groups in total. The lowest BCUT2D eigenvalue weighted by Crippen LogP contribution is -2.46. The number of hydrogen-bond donors (Lipinski definition) is 0. The van der Waals surface area contributed by atoms with Gasteiger partial charge in [-0.2, -0.15) is 0 Å². The van der Waals surface area contributed by atoms with Gasteiger partial charge >= 0.3 is 0 Å². The lowest BCUT2D eigenvalue weighted by atomic mass is 9.80. The Hall–Kier alpha value is -4.97. The Kier molecular flexibility index (Phi) is 9.50. The highest BCUT2D eigenvalue weighted by molar-refractivity contribution is 5.95. The number of pyridine rings is 1. The standard InChI is InChI=1S/C43H43N3O2/c1-3-45-27-29-46(30-28-45)42-40-22-14-13-15-35(40)31-41(44-42)34-23-25-39(26-24-34)48-33(2)32-47-43(36-16-7-4-8-17-36,37-18-9-5-10-19-37)38-20-11-6-12-21-38/h4-26,31,33H,3,27-30,32H2,1-2H3. The van der Waals surface area contributed by atoms with E-state index in [1.165, 1.54) is 10.8 Å². The van der Waals surface area contributed by atoms with Crippen molar-refractivity contribution < 1.29 is 9.47 Å². The van der Waals surface area contributed by atoms with Crippen LogP contribution in [0.3, 0.4) is 0 Å². The van der Waals surface area contributed by atoms with Crippen LogP contribution >= 0.6 is 0 Å². The van der Waals surface area contributed by atoms with Crippen molar-refractivity contribution in [2.24, 2.45) is 0 Å². The number of hydrogen-bond acceptors (Lipinski definition) is 5. The number of likely N-dealkylation sites (N-methyl/N-ethyl adjacent to an activating group) is 1. The fourth-order valence-corrected chi connectivity index (χ4v) is 6.83. The average molecular weight is 634 g/mol. The van der Waals surface area contributed by atoms with Crippen LogP contribution in [0, 0.1) is 0 Å². The minimum absolute atomic E-state index is 0.196. The van der Waals surface area contributed by atoms with Gasteiger partial charge in [0.2, 0.25) is 0 Å². The normalized spacial score (nSPS) is 14.6. The maximum absolute atomic E-state index is 7.00. The van der Waals surface area contributed by atoms with Crippen LogP contribution in [0.4, 0.5) is 5.82 Å². The number of ether oxygens (including phenoxy) is 2. The summed E-state index contributed by atoms with van der Waals surface area (Å²) < 4.78 is 13.5. The molecular formula is C43H43N3O2. The van der Waals surface area contributed by atoms with E-state index in [1.54, 1.807) is 0 Å². The molecule has 1 unspecified atom stereocenters. The molecule has 0 amide bonds. The van der Waals surface area contributed by atoms with Gasteiger partial charge in [0.15, 0.2) is 0 Å². The third-order valence-corrected chi connectivity index (χ3v) is 9.40. The van der Waals surface area contributed by atoms with Crippen LogP contribution < -0.4 is 9.64 Å². The van der Waals surface area contributed by atoms with Gasteiger partial charge in [-0.3, -0.25) is 0 Å². The van der Waals surface area contributed by atoms with Crippen LogP contribution in [0.2, 0.25) is 0 Å². The first-order valence-corrected chi connectivity index (χ1v) is 17.1. The molecule has 0 bridgehead atoms. The largest absolute Gasteiger partial charge is 0.488 e. The van der Waals surface area contributed by atoms with Crippen LogP contribution in [0.1, 0.15) is 30.5 Å². The van der Waals surface area contributed by atoms with E-state index >= 15 is 0 Å². The zero-order valence-corrected chi connectivity index (χ0v) is 27.8. The molecule has 5 nitrogen and oxygen atoms in total. The minimum Gasteiger partial charge on any atom is -0.488 e. The number of anilines is 1. The summed E-state index contributed by atoms with van der Waals surface area (Å²) in [6.07, 6.45) is -0.196. The predicted molar refractivity (Wildman–Crippen MR) is 197 cm³/mol. The van der Waals surface area contributed by atoms with Crippen molar-refractivity contribution in [3.05, 3.63) is 162 Å². The summed E-state index contributed by atoms with van der Waals surface area (Å²) in [5.74, 6) is 1.87. The lowest BCUT2D eigenvalue weighted by molar-refractivity contribution is -0.0256. The first-order chi connectivity index (χ1) is 23.6. The summed E-state index contributed by atoms with van der Waals surface area (Å²) in [5, 5.41) is 2.41. The van der Waals surface area contributed by atoms with E-state index in [-0.39, 0.29) is 6.10 Å². The SMILES string of the molecule is CCN1CCN(c2nc(-c3ccc(OC(C)COC(c4ccccc4)(c4ccccc4)c4ccccc4)cc3)cc3ccccc23)CC1. The van der Waals surface area contributed by atoms with Gasteiger partial charge < -0.3 is 19.3 Å². The van der Waals surface area contributed by atoms with E-state index in [0.29, 0.717) is 6.61 Å². The summed E-state index contributed by atoms with van der Waals surface area (Å²) in [5.41, 5.74) is 4.49. The van der Waals surface area contributed by atoms with E-state index in [2.05, 4.69) is 139 Å². The fourth-order valence-electron chi connectivity index (χ4n) is 6.83. The highest BCUT2D eigenvalue weighted by Gasteiger charge is 2.38. The Labute approximate surface area is 284 Å². The molecule has 5 heteroatoms. The summed E-state index contributed by atoms with van der Waals surface area (Å²) in [6, 6.07) is 50.5. The molecule has 1 aliphatic heterocycles. The molecular weight excluding hydrogens is 590 g/mol. The van der Waals surface area contributed by atoms with Gasteiger partial charge in [-0.05, 0) is 65.9 Å². The molecule has 1 atom stereocenters. The Balaban J connectivity index is 1.11. The summed E-state index contributed by atoms with van der Waals surface area (Å²) in [7, 11) is 0. The third-order valence-electron chi connectivity index (χ3n) is 9.40. The molecule has 6 aromatic rings. The highest BCUT2D eigenvalue weighted by Crippen LogP contribution is 2.40. The molecule has 0 spiro atoms. The molecule has 0 aliphatic carbocycles. The fraction of sp³-hybridized carbons (Fsp3) is 0.233. The maximum Gasteiger partial charge on any atom is 0.143 e. The molecule has 1 saturated heterocycles. The van der Waals surface area contributed by atoms with Crippen LogP contribution in [0.25, 0.3) is 22.0 Å². The van der Waals surface area contributed by atoms with Gasteiger partial charge in [0.1, 0.15) is 23.3 Å². The predicted octanol–water partition coefficient (Wildman–Crippen LogP) is 8.82. The Morgan fingerprint density at radius 2 is 1.21 bits per heavy atom. The first-order valence-electron chi connectivity index (χ1n) is 17.1. The van der Waals surface area contributed by atoms with Gasteiger partial charge in [-0.25, -0.2) is 4.98 Å². The Morgan fingerprint density at radius 1 is 0.667 bits per heavy atom. The lowest BCUT2D eigenvalue weighted by Gasteiger charge is -2.36. The number of rotatable bonds is 11. The molecule has 0 radical (unpaired) electrons. The van der Waals surface area contributed by atoms with E-state index < -0.39 is 5.60 Å². The molecule has 0 saturated carbocycles. The highest BCUT2D eigenvalue weighted by atomic mass is 16.5. The molecule has 1 aromatic heterocycles. The van der Waals surface area contributed by atoms with Crippen molar-refractivity contribution in [2.45, 2.75) is 25.6 Å². The number of piperazine rings is 1. The average Bonchev–Trinajstić information content (AvgIpc) is 3.16. The molecule has 7 rings (SSSR count). The second-order valence-electron chi connectivity index (χ2n) is 12.5. The number of benzene rings is 5. The van der Waals surface area contributed by atoms with Crippen molar-refractivity contribution in [2.75, 3.05) is 44.2 Å². The maximum atomic E-state index is 7.00. The third kappa shape index (κ3) is 6.57. The molecule has 242 valence electrons. The van der Waals surface area contributed by atoms with E-state index in [0.717, 1.165) is 72.2 Å². The second-order valence-corrected chi connectivity index (χ2v) is 12.5. The number of fused-ring (bicyclic) bond motifs is 1.